The largest absolute Gasteiger partial charge is 0.490 e. The third-order valence-corrected chi connectivity index (χ3v) is 4.41. The van der Waals surface area contributed by atoms with Crippen molar-refractivity contribution in [3.05, 3.63) is 58.1 Å². The summed E-state index contributed by atoms with van der Waals surface area (Å²) in [6, 6.07) is 12.6. The third kappa shape index (κ3) is 6.27. The standard InChI is InChI=1S/C21H25BrN2O4/c1-13(2)15-9-10-19(17(22)11-15)27-12-20(25)23-24-21(26)16-7-5-6-8-18(16)28-14(3)4/h5-11,13-14H,12H2,1-4H3,(H,23,25)(H,24,26). The molecule has 0 fully saturated rings. The van der Waals surface area contributed by atoms with E-state index in [1.165, 1.54) is 5.56 Å². The second-order valence-corrected chi connectivity index (χ2v) is 7.65. The van der Waals surface area contributed by atoms with E-state index in [1.54, 1.807) is 24.3 Å². The minimum Gasteiger partial charge on any atom is -0.490 e. The molecule has 6 nitrogen and oxygen atoms in total. The van der Waals surface area contributed by atoms with Gasteiger partial charge in [-0.1, -0.05) is 32.0 Å². The van der Waals surface area contributed by atoms with Crippen LogP contribution in [0, 0.1) is 0 Å². The van der Waals surface area contributed by atoms with Crippen LogP contribution in [0.15, 0.2) is 46.9 Å². The highest BCUT2D eigenvalue weighted by Gasteiger charge is 2.14. The molecule has 0 aromatic heterocycles. The Morgan fingerprint density at radius 2 is 1.71 bits per heavy atom. The SMILES string of the molecule is CC(C)Oc1ccccc1C(=O)NNC(=O)COc1ccc(C(C)C)cc1Br. The molecule has 0 spiro atoms. The van der Waals surface area contributed by atoms with Gasteiger partial charge in [0.2, 0.25) is 0 Å². The van der Waals surface area contributed by atoms with E-state index in [2.05, 4.69) is 40.6 Å². The van der Waals surface area contributed by atoms with Crippen LogP contribution in [0.1, 0.15) is 49.5 Å². The van der Waals surface area contributed by atoms with E-state index in [0.717, 1.165) is 4.47 Å². The molecule has 0 aliphatic heterocycles. The number of hydrogen-bond donors (Lipinski definition) is 2. The van der Waals surface area contributed by atoms with Crippen molar-refractivity contribution in [3.8, 4) is 11.5 Å². The summed E-state index contributed by atoms with van der Waals surface area (Å²) in [6.07, 6.45) is -0.0718. The molecule has 2 rings (SSSR count). The van der Waals surface area contributed by atoms with E-state index < -0.39 is 11.8 Å². The van der Waals surface area contributed by atoms with Gasteiger partial charge < -0.3 is 9.47 Å². The molecule has 0 unspecified atom stereocenters. The number of amides is 2. The summed E-state index contributed by atoms with van der Waals surface area (Å²) in [5.74, 6) is 0.463. The lowest BCUT2D eigenvalue weighted by molar-refractivity contribution is -0.123. The lowest BCUT2D eigenvalue weighted by Gasteiger charge is -2.14. The molecule has 0 radical (unpaired) electrons. The van der Waals surface area contributed by atoms with Gasteiger partial charge in [-0.25, -0.2) is 0 Å². The summed E-state index contributed by atoms with van der Waals surface area (Å²) < 4.78 is 11.9. The summed E-state index contributed by atoms with van der Waals surface area (Å²) in [7, 11) is 0. The normalized spacial score (nSPS) is 10.7. The molecule has 0 heterocycles. The van der Waals surface area contributed by atoms with Crippen molar-refractivity contribution in [2.45, 2.75) is 39.7 Å². The molecule has 2 amide bonds. The van der Waals surface area contributed by atoms with Crippen LogP contribution in [0.5, 0.6) is 11.5 Å². The van der Waals surface area contributed by atoms with Gasteiger partial charge in [0.05, 0.1) is 16.1 Å². The number of rotatable bonds is 7. The fourth-order valence-corrected chi connectivity index (χ4v) is 2.89. The Hall–Kier alpha value is -2.54. The van der Waals surface area contributed by atoms with Crippen molar-refractivity contribution in [2.24, 2.45) is 0 Å². The van der Waals surface area contributed by atoms with Crippen LogP contribution in [-0.2, 0) is 4.79 Å². The maximum absolute atomic E-state index is 12.3. The Morgan fingerprint density at radius 1 is 1.00 bits per heavy atom. The Bertz CT molecular complexity index is 837. The predicted octanol–water partition coefficient (Wildman–Crippen LogP) is 4.20. The smallest absolute Gasteiger partial charge is 0.276 e. The Balaban J connectivity index is 1.88. The first-order valence-corrected chi connectivity index (χ1v) is 9.84. The van der Waals surface area contributed by atoms with Crippen molar-refractivity contribution < 1.29 is 19.1 Å². The first kappa shape index (κ1) is 21.8. The monoisotopic (exact) mass is 448 g/mol. The minimum atomic E-state index is -0.476. The highest BCUT2D eigenvalue weighted by atomic mass is 79.9. The molecule has 150 valence electrons. The molecule has 28 heavy (non-hydrogen) atoms. The Kier molecular flexibility index (Phi) is 7.87. The van der Waals surface area contributed by atoms with Gasteiger partial charge in [-0.3, -0.25) is 20.4 Å². The topological polar surface area (TPSA) is 76.7 Å². The fraction of sp³-hybridized carbons (Fsp3) is 0.333. The minimum absolute atomic E-state index is 0.0718. The van der Waals surface area contributed by atoms with Crippen LogP contribution in [0.25, 0.3) is 0 Å². The van der Waals surface area contributed by atoms with Gasteiger partial charge in [0.15, 0.2) is 6.61 Å². The highest BCUT2D eigenvalue weighted by Crippen LogP contribution is 2.28. The van der Waals surface area contributed by atoms with Gasteiger partial charge in [-0.15, -0.1) is 0 Å². The lowest BCUT2D eigenvalue weighted by Crippen LogP contribution is -2.44. The van der Waals surface area contributed by atoms with E-state index in [9.17, 15) is 9.59 Å². The molecular weight excluding hydrogens is 424 g/mol. The Labute approximate surface area is 173 Å². The molecule has 0 saturated heterocycles. The maximum atomic E-state index is 12.3. The molecular formula is C21H25BrN2O4. The molecule has 0 aliphatic rings. The van der Waals surface area contributed by atoms with Gasteiger partial charge in [-0.05, 0) is 65.5 Å². The third-order valence-electron chi connectivity index (χ3n) is 3.79. The number of hydrogen-bond acceptors (Lipinski definition) is 4. The number of carbonyl (C=O) groups excluding carboxylic acids is 2. The van der Waals surface area contributed by atoms with Crippen molar-refractivity contribution in [2.75, 3.05) is 6.61 Å². The molecule has 2 N–H and O–H groups in total. The van der Waals surface area contributed by atoms with E-state index >= 15 is 0 Å². The van der Waals surface area contributed by atoms with E-state index in [1.807, 2.05) is 32.0 Å². The highest BCUT2D eigenvalue weighted by molar-refractivity contribution is 9.10. The van der Waals surface area contributed by atoms with E-state index in [0.29, 0.717) is 23.0 Å². The molecule has 7 heteroatoms. The number of hydrazine groups is 1. The average molecular weight is 449 g/mol. The average Bonchev–Trinajstić information content (AvgIpc) is 2.65. The van der Waals surface area contributed by atoms with E-state index in [4.69, 9.17) is 9.47 Å². The van der Waals surface area contributed by atoms with E-state index in [-0.39, 0.29) is 12.7 Å². The number of para-hydroxylation sites is 1. The summed E-state index contributed by atoms with van der Waals surface area (Å²) >= 11 is 3.45. The number of nitrogens with one attached hydrogen (secondary N) is 2. The van der Waals surface area contributed by atoms with Crippen LogP contribution < -0.4 is 20.3 Å². The number of ether oxygens (including phenoxy) is 2. The molecule has 2 aromatic carbocycles. The fourth-order valence-electron chi connectivity index (χ4n) is 2.38. The molecule has 0 bridgehead atoms. The maximum Gasteiger partial charge on any atom is 0.276 e. The second-order valence-electron chi connectivity index (χ2n) is 6.80. The zero-order valence-electron chi connectivity index (χ0n) is 16.4. The van der Waals surface area contributed by atoms with Gasteiger partial charge in [0, 0.05) is 0 Å². The van der Waals surface area contributed by atoms with Crippen LogP contribution in [-0.4, -0.2) is 24.5 Å². The first-order chi connectivity index (χ1) is 13.3. The van der Waals surface area contributed by atoms with Crippen molar-refractivity contribution in [1.29, 1.82) is 0 Å². The van der Waals surface area contributed by atoms with Gasteiger partial charge in [0.1, 0.15) is 11.5 Å². The van der Waals surface area contributed by atoms with Crippen molar-refractivity contribution >= 4 is 27.7 Å². The Morgan fingerprint density at radius 3 is 2.36 bits per heavy atom. The van der Waals surface area contributed by atoms with Gasteiger partial charge >= 0.3 is 0 Å². The first-order valence-electron chi connectivity index (χ1n) is 9.05. The predicted molar refractivity (Wildman–Crippen MR) is 112 cm³/mol. The van der Waals surface area contributed by atoms with Crippen molar-refractivity contribution in [3.63, 3.8) is 0 Å². The number of benzene rings is 2. The van der Waals surface area contributed by atoms with Crippen LogP contribution in [0.2, 0.25) is 0 Å². The summed E-state index contributed by atoms with van der Waals surface area (Å²) in [4.78, 5) is 24.3. The van der Waals surface area contributed by atoms with Crippen LogP contribution >= 0.6 is 15.9 Å². The quantitative estimate of drug-likeness (QED) is 0.622. The summed E-state index contributed by atoms with van der Waals surface area (Å²) in [5.41, 5.74) is 6.23. The number of halogens is 1. The van der Waals surface area contributed by atoms with Crippen molar-refractivity contribution in [1.82, 2.24) is 10.9 Å². The molecule has 2 aromatic rings. The zero-order valence-corrected chi connectivity index (χ0v) is 18.0. The zero-order chi connectivity index (χ0) is 20.7. The second kappa shape index (κ2) is 10.1. The van der Waals surface area contributed by atoms with Gasteiger partial charge in [-0.2, -0.15) is 0 Å². The molecule has 0 atom stereocenters. The lowest BCUT2D eigenvalue weighted by atomic mass is 10.0. The summed E-state index contributed by atoms with van der Waals surface area (Å²) in [5, 5.41) is 0. The number of carbonyl (C=O) groups is 2. The summed E-state index contributed by atoms with van der Waals surface area (Å²) in [6.45, 7) is 7.72. The van der Waals surface area contributed by atoms with Crippen LogP contribution in [0.4, 0.5) is 0 Å². The van der Waals surface area contributed by atoms with Crippen LogP contribution in [0.3, 0.4) is 0 Å². The van der Waals surface area contributed by atoms with Gasteiger partial charge in [0.25, 0.3) is 11.8 Å². The molecule has 0 saturated carbocycles. The molecule has 0 aliphatic carbocycles.